The molecular weight excluding hydrogens is 500 g/mol. The highest BCUT2D eigenvalue weighted by Crippen LogP contribution is 2.33. The summed E-state index contributed by atoms with van der Waals surface area (Å²) in [7, 11) is -0.378. The van der Waals surface area contributed by atoms with Crippen LogP contribution in [0.25, 0.3) is 10.2 Å². The maximum Gasteiger partial charge on any atom is 0.248 e. The Labute approximate surface area is 207 Å². The van der Waals surface area contributed by atoms with Crippen molar-refractivity contribution in [2.24, 2.45) is 4.99 Å². The molecular formula is C23H27ClN2O6S2. The van der Waals surface area contributed by atoms with Crippen molar-refractivity contribution >= 4 is 48.9 Å². The second-order valence-electron chi connectivity index (χ2n) is 7.29. The van der Waals surface area contributed by atoms with Gasteiger partial charge in [0.1, 0.15) is 0 Å². The molecule has 1 aromatic heterocycles. The molecule has 8 nitrogen and oxygen atoms in total. The molecule has 0 saturated heterocycles. The van der Waals surface area contributed by atoms with Crippen molar-refractivity contribution in [1.82, 2.24) is 4.57 Å². The van der Waals surface area contributed by atoms with Gasteiger partial charge in [0, 0.05) is 36.7 Å². The highest BCUT2D eigenvalue weighted by Gasteiger charge is 2.16. The van der Waals surface area contributed by atoms with E-state index in [-0.39, 0.29) is 29.4 Å². The molecule has 0 bridgehead atoms. The Bertz CT molecular complexity index is 1310. The van der Waals surface area contributed by atoms with Gasteiger partial charge in [0.15, 0.2) is 26.1 Å². The SMILES string of the molecule is CCOCCn1c(=NC(=O)CCCS(=O)(=O)c2ccc(Cl)cc2)sc2cc(OC)c(OC)cc21. The Morgan fingerprint density at radius 1 is 1.12 bits per heavy atom. The molecule has 0 aliphatic carbocycles. The summed E-state index contributed by atoms with van der Waals surface area (Å²) in [4.78, 5) is 17.6. The number of carbonyl (C=O) groups is 1. The molecule has 0 spiro atoms. The number of methoxy groups -OCH3 is 2. The molecule has 1 amide bonds. The number of thiazole rings is 1. The van der Waals surface area contributed by atoms with Crippen LogP contribution in [0.5, 0.6) is 11.5 Å². The van der Waals surface area contributed by atoms with Gasteiger partial charge in [-0.05, 0) is 37.6 Å². The Hall–Kier alpha value is -2.40. The molecule has 0 fully saturated rings. The zero-order chi connectivity index (χ0) is 24.7. The van der Waals surface area contributed by atoms with Crippen LogP contribution in [0.1, 0.15) is 19.8 Å². The predicted molar refractivity (Wildman–Crippen MR) is 133 cm³/mol. The number of carbonyl (C=O) groups excluding carboxylic acids is 1. The number of hydrogen-bond donors (Lipinski definition) is 0. The van der Waals surface area contributed by atoms with Crippen LogP contribution in [0.15, 0.2) is 46.3 Å². The van der Waals surface area contributed by atoms with Gasteiger partial charge in [0.05, 0.1) is 41.7 Å². The Morgan fingerprint density at radius 3 is 2.44 bits per heavy atom. The van der Waals surface area contributed by atoms with Crippen LogP contribution >= 0.6 is 22.9 Å². The molecule has 3 aromatic rings. The van der Waals surface area contributed by atoms with Crippen molar-refractivity contribution in [2.45, 2.75) is 31.2 Å². The van der Waals surface area contributed by atoms with E-state index in [0.29, 0.717) is 41.1 Å². The number of benzene rings is 2. The van der Waals surface area contributed by atoms with Crippen molar-refractivity contribution < 1.29 is 27.4 Å². The minimum atomic E-state index is -3.50. The average Bonchev–Trinajstić information content (AvgIpc) is 3.14. The standard InChI is InChI=1S/C23H27ClN2O6S2/c1-4-32-12-11-26-18-14-19(30-2)20(31-3)15-21(18)33-23(26)25-22(27)6-5-13-34(28,29)17-9-7-16(24)8-10-17/h7-10,14-15H,4-6,11-13H2,1-3H3. The number of aromatic nitrogens is 1. The molecule has 3 rings (SSSR count). The lowest BCUT2D eigenvalue weighted by molar-refractivity contribution is -0.118. The zero-order valence-electron chi connectivity index (χ0n) is 19.2. The second kappa shape index (κ2) is 11.8. The van der Waals surface area contributed by atoms with Crippen LogP contribution in [0.3, 0.4) is 0 Å². The van der Waals surface area contributed by atoms with Crippen LogP contribution < -0.4 is 14.3 Å². The summed E-state index contributed by atoms with van der Waals surface area (Å²) in [6.07, 6.45) is 0.179. The Kier molecular flexibility index (Phi) is 9.12. The molecule has 0 saturated carbocycles. The van der Waals surface area contributed by atoms with E-state index >= 15 is 0 Å². The fourth-order valence-corrected chi connectivity index (χ4v) is 5.85. The van der Waals surface area contributed by atoms with Gasteiger partial charge in [0.2, 0.25) is 5.91 Å². The molecule has 0 aliphatic rings. The fourth-order valence-electron chi connectivity index (χ4n) is 3.33. The maximum atomic E-state index is 12.6. The summed E-state index contributed by atoms with van der Waals surface area (Å²) in [6.45, 7) is 3.45. The third-order valence-electron chi connectivity index (χ3n) is 5.05. The van der Waals surface area contributed by atoms with Crippen molar-refractivity contribution in [3.8, 4) is 11.5 Å². The third-order valence-corrected chi connectivity index (χ3v) is 8.16. The largest absolute Gasteiger partial charge is 0.493 e. The highest BCUT2D eigenvalue weighted by molar-refractivity contribution is 7.91. The summed E-state index contributed by atoms with van der Waals surface area (Å²) < 4.78 is 44.1. The normalized spacial score (nSPS) is 12.3. The van der Waals surface area contributed by atoms with E-state index < -0.39 is 9.84 Å². The van der Waals surface area contributed by atoms with Gasteiger partial charge in [0.25, 0.3) is 0 Å². The molecule has 0 radical (unpaired) electrons. The summed E-state index contributed by atoms with van der Waals surface area (Å²) in [5, 5.41) is 0.462. The van der Waals surface area contributed by atoms with Crippen molar-refractivity contribution in [3.05, 3.63) is 46.2 Å². The fraction of sp³-hybridized carbons (Fsp3) is 0.391. The molecule has 184 valence electrons. The van der Waals surface area contributed by atoms with Gasteiger partial charge >= 0.3 is 0 Å². The van der Waals surface area contributed by atoms with E-state index in [1.165, 1.54) is 35.6 Å². The summed E-state index contributed by atoms with van der Waals surface area (Å²) in [5.74, 6) is 0.616. The van der Waals surface area contributed by atoms with Gasteiger partial charge in [-0.15, -0.1) is 0 Å². The lowest BCUT2D eigenvalue weighted by Crippen LogP contribution is -2.20. The predicted octanol–water partition coefficient (Wildman–Crippen LogP) is 4.09. The van der Waals surface area contributed by atoms with E-state index in [9.17, 15) is 13.2 Å². The molecule has 1 heterocycles. The lowest BCUT2D eigenvalue weighted by atomic mass is 10.3. The minimum absolute atomic E-state index is 0.0131. The number of nitrogens with zero attached hydrogens (tertiary/aromatic N) is 2. The second-order valence-corrected chi connectivity index (χ2v) is 10.8. The first-order valence-electron chi connectivity index (χ1n) is 10.7. The first-order chi connectivity index (χ1) is 16.3. The van der Waals surface area contributed by atoms with E-state index in [1.807, 2.05) is 23.6 Å². The number of hydrogen-bond acceptors (Lipinski definition) is 7. The molecule has 0 N–H and O–H groups in total. The van der Waals surface area contributed by atoms with Gasteiger partial charge < -0.3 is 18.8 Å². The number of sulfone groups is 1. The molecule has 0 atom stereocenters. The smallest absolute Gasteiger partial charge is 0.248 e. The molecule has 0 unspecified atom stereocenters. The van der Waals surface area contributed by atoms with Gasteiger partial charge in [-0.25, -0.2) is 8.42 Å². The topological polar surface area (TPSA) is 96.2 Å². The first-order valence-corrected chi connectivity index (χ1v) is 13.5. The van der Waals surface area contributed by atoms with E-state index in [2.05, 4.69) is 4.99 Å². The molecule has 11 heteroatoms. The average molecular weight is 527 g/mol. The highest BCUT2D eigenvalue weighted by atomic mass is 35.5. The minimum Gasteiger partial charge on any atom is -0.493 e. The van der Waals surface area contributed by atoms with Crippen LogP contribution in [0.2, 0.25) is 5.02 Å². The monoisotopic (exact) mass is 526 g/mol. The van der Waals surface area contributed by atoms with Crippen LogP contribution in [0.4, 0.5) is 0 Å². The zero-order valence-corrected chi connectivity index (χ0v) is 21.6. The van der Waals surface area contributed by atoms with Gasteiger partial charge in [-0.3, -0.25) is 4.79 Å². The van der Waals surface area contributed by atoms with Crippen LogP contribution in [-0.4, -0.2) is 52.1 Å². The number of fused-ring (bicyclic) bond motifs is 1. The van der Waals surface area contributed by atoms with Gasteiger partial charge in [-0.2, -0.15) is 4.99 Å². The molecule has 34 heavy (non-hydrogen) atoms. The number of halogens is 1. The Balaban J connectivity index is 1.82. The van der Waals surface area contributed by atoms with E-state index in [4.69, 9.17) is 25.8 Å². The number of rotatable bonds is 11. The lowest BCUT2D eigenvalue weighted by Gasteiger charge is -2.09. The molecule has 0 aliphatic heterocycles. The quantitative estimate of drug-likeness (QED) is 0.349. The van der Waals surface area contributed by atoms with Crippen LogP contribution in [-0.2, 0) is 25.9 Å². The van der Waals surface area contributed by atoms with Crippen LogP contribution in [0, 0.1) is 0 Å². The molecule has 2 aromatic carbocycles. The summed E-state index contributed by atoms with van der Waals surface area (Å²) >= 11 is 7.18. The summed E-state index contributed by atoms with van der Waals surface area (Å²) in [5.41, 5.74) is 0.846. The first kappa shape index (κ1) is 26.2. The third kappa shape index (κ3) is 6.38. The van der Waals surface area contributed by atoms with E-state index in [1.54, 1.807) is 14.2 Å². The van der Waals surface area contributed by atoms with Crippen molar-refractivity contribution in [1.29, 1.82) is 0 Å². The summed E-state index contributed by atoms with van der Waals surface area (Å²) in [6, 6.07) is 9.68. The Morgan fingerprint density at radius 2 is 1.79 bits per heavy atom. The number of ether oxygens (including phenoxy) is 3. The van der Waals surface area contributed by atoms with E-state index in [0.717, 1.165) is 10.2 Å². The van der Waals surface area contributed by atoms with Crippen molar-refractivity contribution in [3.63, 3.8) is 0 Å². The van der Waals surface area contributed by atoms with Crippen molar-refractivity contribution in [2.75, 3.05) is 33.2 Å². The maximum absolute atomic E-state index is 12.6. The van der Waals surface area contributed by atoms with Gasteiger partial charge in [-0.1, -0.05) is 22.9 Å². The number of amides is 1.